The molecule has 5 nitrogen and oxygen atoms in total. The van der Waals surface area contributed by atoms with Crippen molar-refractivity contribution in [2.45, 2.75) is 25.3 Å². The van der Waals surface area contributed by atoms with E-state index in [-0.39, 0.29) is 13.0 Å². The minimum absolute atomic E-state index is 0.0798. The predicted molar refractivity (Wildman–Crippen MR) is 143 cm³/mol. The molecule has 0 spiro atoms. The van der Waals surface area contributed by atoms with Crippen molar-refractivity contribution in [2.75, 3.05) is 13.1 Å². The van der Waals surface area contributed by atoms with Crippen LogP contribution < -0.4 is 0 Å². The van der Waals surface area contributed by atoms with Gasteiger partial charge in [-0.15, -0.1) is 0 Å². The Labute approximate surface area is 212 Å². The van der Waals surface area contributed by atoms with Crippen molar-refractivity contribution in [3.8, 4) is 22.5 Å². The Morgan fingerprint density at radius 2 is 1.92 bits per heavy atom. The highest BCUT2D eigenvalue weighted by atomic mass is 19.3. The molecule has 1 fully saturated rings. The largest absolute Gasteiger partial charge is 0.353 e. The number of benzene rings is 2. The summed E-state index contributed by atoms with van der Waals surface area (Å²) in [4.78, 5) is 9.76. The predicted octanol–water partition coefficient (Wildman–Crippen LogP) is 6.96. The Hall–Kier alpha value is -4.10. The van der Waals surface area contributed by atoms with Crippen LogP contribution in [-0.4, -0.2) is 44.1 Å². The quantitative estimate of drug-likeness (QED) is 0.278. The highest BCUT2D eigenvalue weighted by Gasteiger charge is 2.37. The van der Waals surface area contributed by atoms with Gasteiger partial charge in [-0.2, -0.15) is 5.10 Å². The van der Waals surface area contributed by atoms with Crippen LogP contribution in [0.5, 0.6) is 0 Å². The SMILES string of the molecule is FC1(F)CCN(Cc2cncc(-c3ccc4[nH]nc(-c5cc6c(C7=CCC=C7)cccc6[nH]5)c4c3)c2)C1. The van der Waals surface area contributed by atoms with Gasteiger partial charge in [0.1, 0.15) is 5.69 Å². The van der Waals surface area contributed by atoms with Crippen molar-refractivity contribution >= 4 is 27.4 Å². The van der Waals surface area contributed by atoms with Crippen LogP contribution >= 0.6 is 0 Å². The number of nitrogens with zero attached hydrogens (tertiary/aromatic N) is 3. The van der Waals surface area contributed by atoms with Gasteiger partial charge in [0.05, 0.1) is 17.8 Å². The van der Waals surface area contributed by atoms with Gasteiger partial charge in [0.2, 0.25) is 0 Å². The smallest absolute Gasteiger partial charge is 0.261 e. The summed E-state index contributed by atoms with van der Waals surface area (Å²) in [6.07, 6.45) is 11.1. The first-order valence-electron chi connectivity index (χ1n) is 12.5. The van der Waals surface area contributed by atoms with Gasteiger partial charge >= 0.3 is 0 Å². The molecule has 0 unspecified atom stereocenters. The van der Waals surface area contributed by atoms with Gasteiger partial charge in [-0.05, 0) is 59.0 Å². The van der Waals surface area contributed by atoms with E-state index in [1.165, 1.54) is 16.5 Å². The maximum Gasteiger partial charge on any atom is 0.261 e. The number of aromatic amines is 2. The summed E-state index contributed by atoms with van der Waals surface area (Å²) in [6.45, 7) is 0.682. The molecule has 1 saturated heterocycles. The van der Waals surface area contributed by atoms with Crippen LogP contribution in [0.2, 0.25) is 0 Å². The van der Waals surface area contributed by atoms with E-state index in [4.69, 9.17) is 0 Å². The first-order valence-corrected chi connectivity index (χ1v) is 12.5. The molecule has 0 radical (unpaired) electrons. The molecule has 2 aliphatic rings. The third kappa shape index (κ3) is 4.05. The fourth-order valence-corrected chi connectivity index (χ4v) is 5.52. The standard InChI is InChI=1S/C30H25F2N5/c31-30(32)10-11-37(18-30)17-19-12-22(16-33-15-19)21-8-9-27-25(13-21)29(36-35-27)28-14-24-23(20-4-1-2-5-20)6-3-7-26(24)34-28/h1,3-9,12-16,34H,2,10-11,17-18H2,(H,35,36). The average molecular weight is 494 g/mol. The van der Waals surface area contributed by atoms with Gasteiger partial charge in [-0.1, -0.05) is 36.4 Å². The van der Waals surface area contributed by atoms with E-state index in [1.807, 2.05) is 24.4 Å². The van der Waals surface area contributed by atoms with E-state index < -0.39 is 5.92 Å². The van der Waals surface area contributed by atoms with E-state index in [0.29, 0.717) is 13.1 Å². The lowest BCUT2D eigenvalue weighted by Gasteiger charge is -2.15. The van der Waals surface area contributed by atoms with Crippen molar-refractivity contribution in [3.05, 3.63) is 90.3 Å². The monoisotopic (exact) mass is 493 g/mol. The molecule has 4 heterocycles. The van der Waals surface area contributed by atoms with E-state index in [2.05, 4.69) is 68.7 Å². The molecule has 0 amide bonds. The molecule has 3 aromatic heterocycles. The summed E-state index contributed by atoms with van der Waals surface area (Å²) in [5.41, 5.74) is 9.19. The number of hydrogen-bond donors (Lipinski definition) is 2. The van der Waals surface area contributed by atoms with E-state index >= 15 is 0 Å². The number of hydrogen-bond acceptors (Lipinski definition) is 3. The lowest BCUT2D eigenvalue weighted by molar-refractivity contribution is 0.0115. The van der Waals surface area contributed by atoms with Crippen LogP contribution in [0, 0.1) is 0 Å². The zero-order valence-electron chi connectivity index (χ0n) is 20.1. The van der Waals surface area contributed by atoms with Gasteiger partial charge in [-0.3, -0.25) is 15.0 Å². The summed E-state index contributed by atoms with van der Waals surface area (Å²) < 4.78 is 27.3. The molecule has 2 N–H and O–H groups in total. The molecule has 0 saturated carbocycles. The molecule has 1 aliphatic carbocycles. The van der Waals surface area contributed by atoms with Crippen LogP contribution in [0.25, 0.3) is 49.9 Å². The van der Waals surface area contributed by atoms with Crippen molar-refractivity contribution in [3.63, 3.8) is 0 Å². The highest BCUT2D eigenvalue weighted by molar-refractivity contribution is 6.01. The summed E-state index contributed by atoms with van der Waals surface area (Å²) in [5.74, 6) is -2.60. The summed E-state index contributed by atoms with van der Waals surface area (Å²) in [5, 5.41) is 9.99. The van der Waals surface area contributed by atoms with Gasteiger partial charge in [0.15, 0.2) is 0 Å². The lowest BCUT2D eigenvalue weighted by atomic mass is 10.0. The number of pyridine rings is 1. The van der Waals surface area contributed by atoms with E-state index in [0.717, 1.165) is 50.9 Å². The Kier molecular flexibility index (Phi) is 5.08. The van der Waals surface area contributed by atoms with Crippen LogP contribution in [-0.2, 0) is 6.54 Å². The van der Waals surface area contributed by atoms with Crippen LogP contribution in [0.1, 0.15) is 24.0 Å². The maximum atomic E-state index is 13.6. The van der Waals surface area contributed by atoms with Crippen LogP contribution in [0.15, 0.2) is 79.2 Å². The first kappa shape index (κ1) is 22.1. The van der Waals surface area contributed by atoms with Crippen molar-refractivity contribution in [2.24, 2.45) is 0 Å². The van der Waals surface area contributed by atoms with Gasteiger partial charge < -0.3 is 4.98 Å². The minimum atomic E-state index is -2.60. The summed E-state index contributed by atoms with van der Waals surface area (Å²) in [6, 6.07) is 16.7. The van der Waals surface area contributed by atoms with Crippen molar-refractivity contribution in [1.82, 2.24) is 25.1 Å². The summed E-state index contributed by atoms with van der Waals surface area (Å²) in [7, 11) is 0. The number of rotatable bonds is 5. The Morgan fingerprint density at radius 1 is 0.973 bits per heavy atom. The van der Waals surface area contributed by atoms with Crippen LogP contribution in [0.4, 0.5) is 8.78 Å². The van der Waals surface area contributed by atoms with Crippen molar-refractivity contribution < 1.29 is 8.78 Å². The Morgan fingerprint density at radius 3 is 2.76 bits per heavy atom. The fourth-order valence-electron chi connectivity index (χ4n) is 5.52. The van der Waals surface area contributed by atoms with Crippen molar-refractivity contribution in [1.29, 1.82) is 0 Å². The zero-order valence-corrected chi connectivity index (χ0v) is 20.1. The van der Waals surface area contributed by atoms with Crippen LogP contribution in [0.3, 0.4) is 0 Å². The number of alkyl halides is 2. The van der Waals surface area contributed by atoms with E-state index in [9.17, 15) is 8.78 Å². The Balaban J connectivity index is 1.24. The Bertz CT molecular complexity index is 1710. The highest BCUT2D eigenvalue weighted by Crippen LogP contribution is 2.35. The third-order valence-corrected chi connectivity index (χ3v) is 7.35. The molecule has 7 heteroatoms. The topological polar surface area (TPSA) is 60.6 Å². The molecular formula is C30H25F2N5. The second-order valence-electron chi connectivity index (χ2n) is 9.98. The van der Waals surface area contributed by atoms with Gasteiger partial charge in [0.25, 0.3) is 5.92 Å². The number of allylic oxidation sites excluding steroid dienone is 4. The molecule has 5 aromatic rings. The second-order valence-corrected chi connectivity index (χ2v) is 9.98. The normalized spacial score (nSPS) is 17.3. The van der Waals surface area contributed by atoms with E-state index in [1.54, 1.807) is 11.1 Å². The molecule has 1 aliphatic heterocycles. The second kappa shape index (κ2) is 8.49. The molecule has 7 rings (SSSR count). The first-order chi connectivity index (χ1) is 18.0. The molecule has 184 valence electrons. The molecule has 2 aromatic carbocycles. The van der Waals surface area contributed by atoms with Gasteiger partial charge in [0, 0.05) is 53.8 Å². The minimum Gasteiger partial charge on any atom is -0.353 e. The van der Waals surface area contributed by atoms with Gasteiger partial charge in [-0.25, -0.2) is 8.78 Å². The third-order valence-electron chi connectivity index (χ3n) is 7.35. The zero-order chi connectivity index (χ0) is 25.0. The summed E-state index contributed by atoms with van der Waals surface area (Å²) >= 11 is 0. The number of fused-ring (bicyclic) bond motifs is 2. The molecule has 37 heavy (non-hydrogen) atoms. The maximum absolute atomic E-state index is 13.6. The molecule has 0 atom stereocenters. The molecular weight excluding hydrogens is 468 g/mol. The number of halogens is 2. The number of aromatic nitrogens is 4. The molecule has 0 bridgehead atoms. The number of likely N-dealkylation sites (tertiary alicyclic amines) is 1. The number of nitrogens with one attached hydrogen (secondary N) is 2. The number of H-pyrrole nitrogens is 2. The average Bonchev–Trinajstić information content (AvgIpc) is 3.69. The lowest BCUT2D eigenvalue weighted by Crippen LogP contribution is -2.24. The fraction of sp³-hybridized carbons (Fsp3) is 0.200.